The van der Waals surface area contributed by atoms with E-state index in [1.807, 2.05) is 0 Å². The van der Waals surface area contributed by atoms with Crippen LogP contribution in [0.3, 0.4) is 0 Å². The summed E-state index contributed by atoms with van der Waals surface area (Å²) in [6.07, 6.45) is 0. The summed E-state index contributed by atoms with van der Waals surface area (Å²) in [6.45, 7) is 20.6. The summed E-state index contributed by atoms with van der Waals surface area (Å²) in [5, 5.41) is 0. The first-order chi connectivity index (χ1) is 6.08. The molecule has 0 amide bonds. The number of hydrogen-bond donors (Lipinski definition) is 0. The van der Waals surface area contributed by atoms with E-state index in [4.69, 9.17) is 0 Å². The second kappa shape index (κ2) is 4.80. The Morgan fingerprint density at radius 3 is 0.786 bits per heavy atom. The third-order valence-electron chi connectivity index (χ3n) is 4.17. The molecule has 0 radical (unpaired) electrons. The quantitative estimate of drug-likeness (QED) is 0.632. The van der Waals surface area contributed by atoms with Gasteiger partial charge in [0, 0.05) is 0 Å². The Morgan fingerprint density at radius 2 is 0.786 bits per heavy atom. The monoisotopic (exact) mass is 238 g/mol. The van der Waals surface area contributed by atoms with Crippen molar-refractivity contribution in [3.8, 4) is 0 Å². The second-order valence-corrected chi connectivity index (χ2v) is 23.6. The van der Waals surface area contributed by atoms with Crippen LogP contribution in [0.2, 0.25) is 0 Å². The Balaban J connectivity index is 5.40. The molecule has 14 heavy (non-hydrogen) atoms. The number of rotatable bonds is 4. The van der Waals surface area contributed by atoms with Crippen LogP contribution >= 0.6 is 13.9 Å². The minimum absolute atomic E-state index is 0.939. The summed E-state index contributed by atoms with van der Waals surface area (Å²) >= 11 is 0. The molecule has 0 aromatic rings. The van der Waals surface area contributed by atoms with Crippen molar-refractivity contribution in [1.82, 2.24) is 0 Å². The first-order valence-corrected chi connectivity index (χ1v) is 12.8. The molecule has 0 unspecified atom stereocenters. The average molecular weight is 238 g/mol. The fourth-order valence-electron chi connectivity index (χ4n) is 4.60. The average Bonchev–Trinajstić information content (AvgIpc) is 1.79. The van der Waals surface area contributed by atoms with Crippen LogP contribution < -0.4 is 0 Å². The van der Waals surface area contributed by atoms with Crippen LogP contribution in [0, 0.1) is 0 Å². The van der Waals surface area contributed by atoms with Gasteiger partial charge in [-0.25, -0.2) is 0 Å². The van der Waals surface area contributed by atoms with Crippen molar-refractivity contribution in [2.24, 2.45) is 0 Å². The topological polar surface area (TPSA) is 0 Å². The Hall–Kier alpha value is 0.860. The molecule has 0 atom stereocenters. The van der Waals surface area contributed by atoms with Crippen LogP contribution in [0.5, 0.6) is 0 Å². The van der Waals surface area contributed by atoms with Gasteiger partial charge in [-0.15, -0.1) is 0 Å². The van der Waals surface area contributed by atoms with Crippen molar-refractivity contribution in [2.45, 2.75) is 58.5 Å². The van der Waals surface area contributed by atoms with Gasteiger partial charge in [0.2, 0.25) is 0 Å². The van der Waals surface area contributed by atoms with Gasteiger partial charge in [0.25, 0.3) is 0 Å². The van der Waals surface area contributed by atoms with Crippen molar-refractivity contribution in [2.75, 3.05) is 20.0 Å². The second-order valence-electron chi connectivity index (χ2n) is 6.65. The Bertz CT molecular complexity index is 153. The van der Waals surface area contributed by atoms with E-state index in [0.29, 0.717) is 0 Å². The maximum atomic E-state index is 2.60. The zero-order valence-corrected chi connectivity index (χ0v) is 13.7. The molecule has 0 spiro atoms. The maximum absolute atomic E-state index is 2.60. The first kappa shape index (κ1) is 14.9. The molecular formula is C12H32P2. The van der Waals surface area contributed by atoms with Crippen LogP contribution in [0.4, 0.5) is 0 Å². The first-order valence-electron chi connectivity index (χ1n) is 6.08. The Labute approximate surface area is 92.8 Å². The van der Waals surface area contributed by atoms with Gasteiger partial charge in [-0.3, -0.25) is 0 Å². The summed E-state index contributed by atoms with van der Waals surface area (Å²) in [7, 11) is 0. The van der Waals surface area contributed by atoms with E-state index in [0.717, 1.165) is 17.0 Å². The van der Waals surface area contributed by atoms with Crippen LogP contribution in [-0.2, 0) is 0 Å². The zero-order chi connectivity index (χ0) is 11.7. The van der Waals surface area contributed by atoms with Gasteiger partial charge in [0.1, 0.15) is 0 Å². The molecule has 0 heterocycles. The predicted octanol–water partition coefficient (Wildman–Crippen LogP) is 4.52. The summed E-state index contributed by atoms with van der Waals surface area (Å²) in [4.78, 5) is 0. The molecule has 0 N–H and O–H groups in total. The third-order valence-corrected chi connectivity index (χ3v) is 25.5. The molecule has 90 valence electrons. The van der Waals surface area contributed by atoms with E-state index in [-0.39, 0.29) is 0 Å². The molecule has 0 nitrogen and oxygen atoms in total. The molecule has 0 aliphatic heterocycles. The summed E-state index contributed by atoms with van der Waals surface area (Å²) in [5.41, 5.74) is 2.82. The summed E-state index contributed by atoms with van der Waals surface area (Å²) in [6, 6.07) is 0. The molecule has 0 saturated carbocycles. The van der Waals surface area contributed by atoms with E-state index in [9.17, 15) is 0 Å². The van der Waals surface area contributed by atoms with Crippen molar-refractivity contribution in [3.63, 3.8) is 0 Å². The third kappa shape index (κ3) is 2.33. The van der Waals surface area contributed by atoms with Crippen LogP contribution in [0.15, 0.2) is 0 Å². The molecular weight excluding hydrogens is 206 g/mol. The van der Waals surface area contributed by atoms with Crippen molar-refractivity contribution >= 4 is 13.9 Å². The van der Waals surface area contributed by atoms with E-state index < -0.39 is 13.9 Å². The molecule has 0 bridgehead atoms. The molecule has 0 aromatic heterocycles. The summed E-state index contributed by atoms with van der Waals surface area (Å²) in [5.74, 6) is 0. The predicted molar refractivity (Wildman–Crippen MR) is 79.8 cm³/mol. The van der Waals surface area contributed by atoms with E-state index in [2.05, 4.69) is 61.5 Å². The van der Waals surface area contributed by atoms with Gasteiger partial charge in [0.15, 0.2) is 0 Å². The fraction of sp³-hybridized carbons (Fsp3) is 1.00. The standard InChI is InChI=1S/C12H32P2/c1-10(2)14(11(3)4,12(5)6)13(7,8)9/h10-14H,1-9H3. The molecule has 0 rings (SSSR count). The van der Waals surface area contributed by atoms with Gasteiger partial charge in [0.05, 0.1) is 0 Å². The summed E-state index contributed by atoms with van der Waals surface area (Å²) < 4.78 is 0. The SMILES string of the molecule is CC(C)[PH](C(C)C)(C(C)C)[PH](C)(C)C. The van der Waals surface area contributed by atoms with Gasteiger partial charge in [-0.05, 0) is 0 Å². The molecule has 0 aliphatic rings. The van der Waals surface area contributed by atoms with Crippen LogP contribution in [0.25, 0.3) is 0 Å². The number of hydrogen-bond acceptors (Lipinski definition) is 0. The minimum atomic E-state index is -1.09. The molecule has 0 fully saturated rings. The molecule has 0 saturated heterocycles. The van der Waals surface area contributed by atoms with E-state index >= 15 is 0 Å². The van der Waals surface area contributed by atoms with Gasteiger partial charge < -0.3 is 0 Å². The Kier molecular flexibility index (Phi) is 5.09. The van der Waals surface area contributed by atoms with E-state index in [1.54, 1.807) is 0 Å². The van der Waals surface area contributed by atoms with Gasteiger partial charge in [-0.2, -0.15) is 0 Å². The zero-order valence-electron chi connectivity index (χ0n) is 11.7. The molecule has 0 aromatic carbocycles. The van der Waals surface area contributed by atoms with Crippen molar-refractivity contribution in [3.05, 3.63) is 0 Å². The van der Waals surface area contributed by atoms with Gasteiger partial charge in [-0.1, -0.05) is 0 Å². The van der Waals surface area contributed by atoms with E-state index in [1.165, 1.54) is 0 Å². The van der Waals surface area contributed by atoms with Crippen LogP contribution in [-0.4, -0.2) is 37.0 Å². The normalized spacial score (nSPS) is 16.9. The fourth-order valence-corrected chi connectivity index (χ4v) is 29.4. The van der Waals surface area contributed by atoms with Crippen LogP contribution in [0.1, 0.15) is 41.5 Å². The van der Waals surface area contributed by atoms with Gasteiger partial charge >= 0.3 is 92.4 Å². The van der Waals surface area contributed by atoms with Crippen molar-refractivity contribution in [1.29, 1.82) is 0 Å². The Morgan fingerprint density at radius 1 is 0.571 bits per heavy atom. The molecule has 0 aliphatic carbocycles. The molecule has 2 heteroatoms. The van der Waals surface area contributed by atoms with Crippen molar-refractivity contribution < 1.29 is 0 Å².